The van der Waals surface area contributed by atoms with Crippen LogP contribution >= 0.6 is 11.6 Å². The first-order valence-electron chi connectivity index (χ1n) is 9.37. The van der Waals surface area contributed by atoms with Crippen molar-refractivity contribution in [2.75, 3.05) is 0 Å². The van der Waals surface area contributed by atoms with Crippen molar-refractivity contribution < 1.29 is 9.59 Å². The third-order valence-corrected chi connectivity index (χ3v) is 4.64. The molecule has 8 nitrogen and oxygen atoms in total. The maximum atomic E-state index is 12.3. The summed E-state index contributed by atoms with van der Waals surface area (Å²) in [4.78, 5) is 25.9. The van der Waals surface area contributed by atoms with Gasteiger partial charge in [-0.05, 0) is 41.1 Å². The van der Waals surface area contributed by atoms with Gasteiger partial charge in [0.05, 0.1) is 6.54 Å². The van der Waals surface area contributed by atoms with Crippen molar-refractivity contribution in [2.45, 2.75) is 6.54 Å². The SMILES string of the molecule is O=C(NNC(=O)c1cccc(Cl)c1)c1ccc(Cn2nnc(-c3ccccc3)n2)cc1. The van der Waals surface area contributed by atoms with Gasteiger partial charge in [0.25, 0.3) is 11.8 Å². The van der Waals surface area contributed by atoms with Gasteiger partial charge in [-0.1, -0.05) is 60.1 Å². The molecular weight excluding hydrogens is 416 g/mol. The predicted molar refractivity (Wildman–Crippen MR) is 115 cm³/mol. The number of aromatic nitrogens is 4. The van der Waals surface area contributed by atoms with Gasteiger partial charge in [0.1, 0.15) is 0 Å². The number of benzene rings is 3. The zero-order valence-electron chi connectivity index (χ0n) is 16.2. The molecule has 2 N–H and O–H groups in total. The van der Waals surface area contributed by atoms with Crippen molar-refractivity contribution >= 4 is 23.4 Å². The smallest absolute Gasteiger partial charge is 0.267 e. The molecule has 0 aliphatic carbocycles. The van der Waals surface area contributed by atoms with Gasteiger partial charge in [0.15, 0.2) is 0 Å². The van der Waals surface area contributed by atoms with E-state index < -0.39 is 11.8 Å². The molecule has 0 saturated heterocycles. The number of hydrazine groups is 1. The molecule has 4 rings (SSSR count). The Labute approximate surface area is 182 Å². The van der Waals surface area contributed by atoms with Crippen molar-refractivity contribution in [3.8, 4) is 11.4 Å². The fourth-order valence-electron chi connectivity index (χ4n) is 2.83. The Bertz CT molecular complexity index is 1210. The second-order valence-corrected chi connectivity index (χ2v) is 7.06. The van der Waals surface area contributed by atoms with Gasteiger partial charge in [-0.3, -0.25) is 20.4 Å². The second kappa shape index (κ2) is 9.19. The van der Waals surface area contributed by atoms with Gasteiger partial charge in [-0.25, -0.2) is 0 Å². The number of amides is 2. The van der Waals surface area contributed by atoms with Crippen molar-refractivity contribution in [1.29, 1.82) is 0 Å². The maximum absolute atomic E-state index is 12.3. The Morgan fingerprint density at radius 2 is 1.55 bits per heavy atom. The van der Waals surface area contributed by atoms with Crippen molar-refractivity contribution in [3.05, 3.63) is 101 Å². The first-order chi connectivity index (χ1) is 15.1. The quantitative estimate of drug-likeness (QED) is 0.472. The monoisotopic (exact) mass is 432 g/mol. The van der Waals surface area contributed by atoms with Crippen molar-refractivity contribution in [2.24, 2.45) is 0 Å². The predicted octanol–water partition coefficient (Wildman–Crippen LogP) is 3.12. The maximum Gasteiger partial charge on any atom is 0.269 e. The van der Waals surface area contributed by atoms with Crippen LogP contribution in [0, 0.1) is 0 Å². The van der Waals surface area contributed by atoms with Crippen LogP contribution in [0.15, 0.2) is 78.9 Å². The van der Waals surface area contributed by atoms with E-state index in [0.29, 0.717) is 28.5 Å². The number of carbonyl (C=O) groups is 2. The summed E-state index contributed by atoms with van der Waals surface area (Å²) in [7, 11) is 0. The normalized spacial score (nSPS) is 10.5. The molecule has 0 bridgehead atoms. The summed E-state index contributed by atoms with van der Waals surface area (Å²) in [5, 5.41) is 13.0. The van der Waals surface area contributed by atoms with E-state index in [2.05, 4.69) is 26.3 Å². The van der Waals surface area contributed by atoms with Crippen LogP contribution < -0.4 is 10.9 Å². The fourth-order valence-corrected chi connectivity index (χ4v) is 3.02. The molecule has 4 aromatic rings. The molecule has 0 fully saturated rings. The lowest BCUT2D eigenvalue weighted by Gasteiger charge is -2.08. The molecule has 1 aromatic heterocycles. The number of hydrogen-bond donors (Lipinski definition) is 2. The van der Waals surface area contributed by atoms with E-state index in [4.69, 9.17) is 11.6 Å². The molecule has 2 amide bonds. The molecule has 0 radical (unpaired) electrons. The Hall–Kier alpha value is -4.04. The van der Waals surface area contributed by atoms with Gasteiger partial charge in [0, 0.05) is 21.7 Å². The number of rotatable bonds is 5. The number of nitrogens with zero attached hydrogens (tertiary/aromatic N) is 4. The zero-order chi connectivity index (χ0) is 21.6. The zero-order valence-corrected chi connectivity index (χ0v) is 17.0. The van der Waals surface area contributed by atoms with E-state index in [1.807, 2.05) is 30.3 Å². The molecular formula is C22H17ClN6O2. The third-order valence-electron chi connectivity index (χ3n) is 4.40. The highest BCUT2D eigenvalue weighted by Crippen LogP contribution is 2.13. The molecule has 0 saturated carbocycles. The molecule has 31 heavy (non-hydrogen) atoms. The topological polar surface area (TPSA) is 102 Å². The molecule has 154 valence electrons. The summed E-state index contributed by atoms with van der Waals surface area (Å²) >= 11 is 5.87. The Balaban J connectivity index is 1.34. The molecule has 3 aromatic carbocycles. The summed E-state index contributed by atoms with van der Waals surface area (Å²) in [6.07, 6.45) is 0. The summed E-state index contributed by atoms with van der Waals surface area (Å²) in [6, 6.07) is 22.9. The first-order valence-corrected chi connectivity index (χ1v) is 9.75. The average Bonchev–Trinajstić information content (AvgIpc) is 3.27. The summed E-state index contributed by atoms with van der Waals surface area (Å²) in [5.41, 5.74) is 7.28. The lowest BCUT2D eigenvalue weighted by Crippen LogP contribution is -2.41. The Morgan fingerprint density at radius 1 is 0.839 bits per heavy atom. The molecule has 0 aliphatic heterocycles. The molecule has 1 heterocycles. The highest BCUT2D eigenvalue weighted by Gasteiger charge is 2.10. The second-order valence-electron chi connectivity index (χ2n) is 6.62. The number of carbonyl (C=O) groups excluding carboxylic acids is 2. The van der Waals surface area contributed by atoms with E-state index in [9.17, 15) is 9.59 Å². The van der Waals surface area contributed by atoms with Crippen molar-refractivity contribution in [3.63, 3.8) is 0 Å². The standard InChI is InChI=1S/C22H17ClN6O2/c23-19-8-4-7-18(13-19)22(31)26-25-21(30)17-11-9-15(10-12-17)14-29-27-20(24-28-29)16-5-2-1-3-6-16/h1-13H,14H2,(H,25,30)(H,26,31). The summed E-state index contributed by atoms with van der Waals surface area (Å²) < 4.78 is 0. The highest BCUT2D eigenvalue weighted by atomic mass is 35.5. The van der Waals surface area contributed by atoms with E-state index in [1.165, 1.54) is 10.9 Å². The van der Waals surface area contributed by atoms with E-state index in [-0.39, 0.29) is 0 Å². The van der Waals surface area contributed by atoms with Crippen LogP contribution in [-0.4, -0.2) is 32.0 Å². The minimum Gasteiger partial charge on any atom is -0.267 e. The van der Waals surface area contributed by atoms with Crippen LogP contribution in [0.1, 0.15) is 26.3 Å². The van der Waals surface area contributed by atoms with Crippen LogP contribution in [-0.2, 0) is 6.54 Å². The Kier molecular flexibility index (Phi) is 6.00. The van der Waals surface area contributed by atoms with Gasteiger partial charge in [-0.2, -0.15) is 4.80 Å². The number of nitrogens with one attached hydrogen (secondary N) is 2. The highest BCUT2D eigenvalue weighted by molar-refractivity contribution is 6.30. The van der Waals surface area contributed by atoms with Crippen LogP contribution in [0.2, 0.25) is 5.02 Å². The third kappa shape index (κ3) is 5.12. The van der Waals surface area contributed by atoms with Crippen LogP contribution in [0.4, 0.5) is 0 Å². The average molecular weight is 433 g/mol. The van der Waals surface area contributed by atoms with Crippen LogP contribution in [0.5, 0.6) is 0 Å². The Morgan fingerprint density at radius 3 is 2.26 bits per heavy atom. The van der Waals surface area contributed by atoms with Gasteiger partial charge in [0.2, 0.25) is 5.82 Å². The molecule has 0 spiro atoms. The van der Waals surface area contributed by atoms with E-state index in [0.717, 1.165) is 11.1 Å². The lowest BCUT2D eigenvalue weighted by atomic mass is 10.1. The molecule has 0 atom stereocenters. The van der Waals surface area contributed by atoms with Crippen LogP contribution in [0.25, 0.3) is 11.4 Å². The fraction of sp³-hybridized carbons (Fsp3) is 0.0455. The molecule has 0 aliphatic rings. The molecule has 9 heteroatoms. The number of halogens is 1. The van der Waals surface area contributed by atoms with E-state index >= 15 is 0 Å². The van der Waals surface area contributed by atoms with Crippen molar-refractivity contribution in [1.82, 2.24) is 31.1 Å². The summed E-state index contributed by atoms with van der Waals surface area (Å²) in [6.45, 7) is 0.410. The number of hydrogen-bond acceptors (Lipinski definition) is 5. The largest absolute Gasteiger partial charge is 0.269 e. The molecule has 0 unspecified atom stereocenters. The van der Waals surface area contributed by atoms with Gasteiger partial charge < -0.3 is 0 Å². The minimum atomic E-state index is -0.459. The van der Waals surface area contributed by atoms with Crippen LogP contribution in [0.3, 0.4) is 0 Å². The first kappa shape index (κ1) is 20.2. The summed E-state index contributed by atoms with van der Waals surface area (Å²) in [5.74, 6) is -0.349. The van der Waals surface area contributed by atoms with Gasteiger partial charge in [-0.15, -0.1) is 10.2 Å². The minimum absolute atomic E-state index is 0.346. The van der Waals surface area contributed by atoms with E-state index in [1.54, 1.807) is 42.5 Å². The van der Waals surface area contributed by atoms with Gasteiger partial charge >= 0.3 is 0 Å². The number of tetrazole rings is 1. The lowest BCUT2D eigenvalue weighted by molar-refractivity contribution is 0.0846.